The van der Waals surface area contributed by atoms with Crippen LogP contribution in [0.5, 0.6) is 0 Å². The van der Waals surface area contributed by atoms with Crippen molar-refractivity contribution in [2.75, 3.05) is 12.4 Å². The number of carbonyl (C=O) groups is 1. The second-order valence-corrected chi connectivity index (χ2v) is 6.61. The van der Waals surface area contributed by atoms with Gasteiger partial charge < -0.3 is 20.6 Å². The zero-order chi connectivity index (χ0) is 22.7. The summed E-state index contributed by atoms with van der Waals surface area (Å²) in [6.07, 6.45) is -1.96. The second-order valence-electron chi connectivity index (χ2n) is 6.61. The maximum absolute atomic E-state index is 13.4. The van der Waals surface area contributed by atoms with Crippen LogP contribution in [-0.2, 0) is 4.79 Å². The van der Waals surface area contributed by atoms with E-state index in [1.165, 1.54) is 12.4 Å². The van der Waals surface area contributed by atoms with E-state index in [4.69, 9.17) is 0 Å². The highest BCUT2D eigenvalue weighted by Gasteiger charge is 2.32. The molecule has 2 aromatic heterocycles. The quantitative estimate of drug-likeness (QED) is 0.432. The SMILES string of the molecule is CC[C@H](C(=O)O)[C@@H](O)[C@@H](O)n1cnc2c(NC)nc(C#Cc3ccc(F)c(F)c3)nc21. The zero-order valence-electron chi connectivity index (χ0n) is 16.5. The van der Waals surface area contributed by atoms with Gasteiger partial charge in [0.05, 0.1) is 12.2 Å². The minimum absolute atomic E-state index is 0.0182. The number of nitrogens with zero attached hydrogens (tertiary/aromatic N) is 4. The molecule has 0 aliphatic heterocycles. The van der Waals surface area contributed by atoms with Crippen LogP contribution in [0.25, 0.3) is 11.2 Å². The smallest absolute Gasteiger partial charge is 0.309 e. The molecule has 0 aliphatic rings. The molecule has 31 heavy (non-hydrogen) atoms. The molecule has 0 spiro atoms. The van der Waals surface area contributed by atoms with E-state index in [-0.39, 0.29) is 34.8 Å². The number of benzene rings is 1. The molecule has 1 aromatic carbocycles. The molecule has 3 atom stereocenters. The van der Waals surface area contributed by atoms with Gasteiger partial charge >= 0.3 is 5.97 Å². The second kappa shape index (κ2) is 9.03. The van der Waals surface area contributed by atoms with Gasteiger partial charge in [-0.05, 0) is 30.5 Å². The Balaban J connectivity index is 2.04. The van der Waals surface area contributed by atoms with Crippen LogP contribution in [0.1, 0.15) is 31.0 Å². The largest absolute Gasteiger partial charge is 0.481 e. The van der Waals surface area contributed by atoms with Crippen LogP contribution in [0.15, 0.2) is 24.5 Å². The summed E-state index contributed by atoms with van der Waals surface area (Å²) in [6, 6.07) is 3.17. The fourth-order valence-corrected chi connectivity index (χ4v) is 2.98. The van der Waals surface area contributed by atoms with E-state index in [1.54, 1.807) is 14.0 Å². The van der Waals surface area contributed by atoms with Crippen LogP contribution < -0.4 is 5.32 Å². The average molecular weight is 431 g/mol. The Morgan fingerprint density at radius 1 is 1.23 bits per heavy atom. The number of carboxylic acid groups (broad SMARTS) is 1. The van der Waals surface area contributed by atoms with Crippen molar-refractivity contribution in [3.8, 4) is 11.8 Å². The van der Waals surface area contributed by atoms with Gasteiger partial charge in [-0.2, -0.15) is 0 Å². The predicted octanol–water partition coefficient (Wildman–Crippen LogP) is 1.51. The van der Waals surface area contributed by atoms with Crippen molar-refractivity contribution in [3.05, 3.63) is 47.5 Å². The van der Waals surface area contributed by atoms with E-state index in [1.807, 2.05) is 0 Å². The van der Waals surface area contributed by atoms with Gasteiger partial charge in [0.15, 0.2) is 34.8 Å². The van der Waals surface area contributed by atoms with Crippen molar-refractivity contribution in [2.24, 2.45) is 5.92 Å². The number of nitrogens with one attached hydrogen (secondary N) is 1. The molecular weight excluding hydrogens is 412 g/mol. The third-order valence-corrected chi connectivity index (χ3v) is 4.66. The van der Waals surface area contributed by atoms with Crippen molar-refractivity contribution >= 4 is 23.0 Å². The summed E-state index contributed by atoms with van der Waals surface area (Å²) in [5, 5.41) is 33.0. The molecule has 0 amide bonds. The molecule has 162 valence electrons. The number of aromatic nitrogens is 4. The minimum Gasteiger partial charge on any atom is -0.481 e. The van der Waals surface area contributed by atoms with Crippen molar-refractivity contribution < 1.29 is 28.9 Å². The third-order valence-electron chi connectivity index (χ3n) is 4.66. The number of aliphatic carboxylic acids is 1. The van der Waals surface area contributed by atoms with Crippen molar-refractivity contribution in [1.29, 1.82) is 0 Å². The number of rotatable bonds is 6. The van der Waals surface area contributed by atoms with Gasteiger partial charge in [0, 0.05) is 12.6 Å². The molecule has 9 nitrogen and oxygen atoms in total. The van der Waals surface area contributed by atoms with Gasteiger partial charge in [-0.3, -0.25) is 9.36 Å². The number of fused-ring (bicyclic) bond motifs is 1. The van der Waals surface area contributed by atoms with Crippen LogP contribution in [0.4, 0.5) is 14.6 Å². The molecule has 0 bridgehead atoms. The molecule has 0 aliphatic carbocycles. The number of imidazole rings is 1. The Hall–Kier alpha value is -3.62. The summed E-state index contributed by atoms with van der Waals surface area (Å²) in [5.41, 5.74) is 0.557. The number of hydrogen-bond acceptors (Lipinski definition) is 7. The fraction of sp³-hybridized carbons (Fsp3) is 0.300. The molecule has 0 radical (unpaired) electrons. The molecule has 11 heteroatoms. The lowest BCUT2D eigenvalue weighted by Crippen LogP contribution is -2.35. The van der Waals surface area contributed by atoms with E-state index in [9.17, 15) is 28.9 Å². The highest BCUT2D eigenvalue weighted by Crippen LogP contribution is 2.25. The molecule has 0 saturated heterocycles. The van der Waals surface area contributed by atoms with Gasteiger partial charge in [-0.1, -0.05) is 12.8 Å². The Morgan fingerprint density at radius 2 is 1.97 bits per heavy atom. The lowest BCUT2D eigenvalue weighted by molar-refractivity contribution is -0.152. The average Bonchev–Trinajstić information content (AvgIpc) is 3.17. The van der Waals surface area contributed by atoms with Crippen molar-refractivity contribution in [3.63, 3.8) is 0 Å². The van der Waals surface area contributed by atoms with Crippen molar-refractivity contribution in [2.45, 2.75) is 25.7 Å². The number of carboxylic acids is 1. The maximum Gasteiger partial charge on any atom is 0.309 e. The third kappa shape index (κ3) is 4.45. The number of anilines is 1. The first-order chi connectivity index (χ1) is 14.8. The lowest BCUT2D eigenvalue weighted by Gasteiger charge is -2.23. The van der Waals surface area contributed by atoms with Crippen LogP contribution in [0, 0.1) is 29.4 Å². The summed E-state index contributed by atoms with van der Waals surface area (Å²) >= 11 is 0. The standard InChI is InChI=1S/C20H19F2N5O4/c1-3-11(20(30)31)16(28)19(29)27-9-24-15-17(23-2)25-14(26-18(15)27)7-5-10-4-6-12(21)13(22)8-10/h4,6,8-9,11,16,19,28-29H,3H2,1-2H3,(H,30,31)(H,23,25,26)/t11-,16+,19+/m0/s1. The fourth-order valence-electron chi connectivity index (χ4n) is 2.98. The lowest BCUT2D eigenvalue weighted by atomic mass is 9.98. The molecule has 0 saturated carbocycles. The highest BCUT2D eigenvalue weighted by molar-refractivity contribution is 5.83. The molecule has 0 fully saturated rings. The van der Waals surface area contributed by atoms with E-state index >= 15 is 0 Å². The maximum atomic E-state index is 13.4. The number of hydrogen-bond donors (Lipinski definition) is 4. The highest BCUT2D eigenvalue weighted by atomic mass is 19.2. The van der Waals surface area contributed by atoms with Gasteiger partial charge in [0.2, 0.25) is 5.82 Å². The Labute approximate surface area is 175 Å². The summed E-state index contributed by atoms with van der Waals surface area (Å²) < 4.78 is 27.6. The van der Waals surface area contributed by atoms with E-state index in [2.05, 4.69) is 32.1 Å². The summed E-state index contributed by atoms with van der Waals surface area (Å²) in [4.78, 5) is 23.9. The van der Waals surface area contributed by atoms with Gasteiger partial charge in [-0.15, -0.1) is 0 Å². The van der Waals surface area contributed by atoms with Gasteiger partial charge in [-0.25, -0.2) is 23.7 Å². The van der Waals surface area contributed by atoms with E-state index in [0.29, 0.717) is 0 Å². The summed E-state index contributed by atoms with van der Waals surface area (Å²) in [6.45, 7) is 1.58. The topological polar surface area (TPSA) is 133 Å². The zero-order valence-corrected chi connectivity index (χ0v) is 16.5. The summed E-state index contributed by atoms with van der Waals surface area (Å²) in [5.74, 6) is 1.01. The monoisotopic (exact) mass is 431 g/mol. The molecule has 0 unspecified atom stereocenters. The molecule has 2 heterocycles. The summed E-state index contributed by atoms with van der Waals surface area (Å²) in [7, 11) is 1.58. The first kappa shape index (κ1) is 22.1. The Bertz CT molecular complexity index is 1190. The van der Waals surface area contributed by atoms with Gasteiger partial charge in [0.1, 0.15) is 6.10 Å². The van der Waals surface area contributed by atoms with Crippen LogP contribution in [0.3, 0.4) is 0 Å². The first-order valence-electron chi connectivity index (χ1n) is 9.25. The predicted molar refractivity (Wildman–Crippen MR) is 106 cm³/mol. The molecule has 3 rings (SSSR count). The number of halogens is 2. The Kier molecular flexibility index (Phi) is 6.43. The minimum atomic E-state index is -1.64. The molecular formula is C20H19F2N5O4. The number of aliphatic hydroxyl groups is 2. The van der Waals surface area contributed by atoms with Gasteiger partial charge in [0.25, 0.3) is 0 Å². The van der Waals surface area contributed by atoms with Crippen LogP contribution >= 0.6 is 0 Å². The first-order valence-corrected chi connectivity index (χ1v) is 9.25. The normalized spacial score (nSPS) is 13.9. The molecule has 3 aromatic rings. The van der Waals surface area contributed by atoms with E-state index in [0.717, 1.165) is 16.7 Å². The Morgan fingerprint density at radius 3 is 2.58 bits per heavy atom. The number of aliphatic hydroxyl groups excluding tert-OH is 2. The van der Waals surface area contributed by atoms with Crippen LogP contribution in [-0.4, -0.2) is 54.0 Å². The van der Waals surface area contributed by atoms with Crippen LogP contribution in [0.2, 0.25) is 0 Å². The molecule has 4 N–H and O–H groups in total. The van der Waals surface area contributed by atoms with E-state index < -0.39 is 35.9 Å². The van der Waals surface area contributed by atoms with Crippen molar-refractivity contribution in [1.82, 2.24) is 19.5 Å².